The Bertz CT molecular complexity index is 285. The zero-order chi connectivity index (χ0) is 13.6. The van der Waals surface area contributed by atoms with Crippen molar-refractivity contribution in [3.05, 3.63) is 12.2 Å². The lowest BCUT2D eigenvalue weighted by Crippen LogP contribution is -2.38. The number of carbonyl (C=O) groups is 2. The molecule has 98 valence electrons. The van der Waals surface area contributed by atoms with Gasteiger partial charge in [0.1, 0.15) is 0 Å². The van der Waals surface area contributed by atoms with E-state index in [0.29, 0.717) is 24.9 Å². The highest BCUT2D eigenvalue weighted by Crippen LogP contribution is 2.10. The van der Waals surface area contributed by atoms with Crippen LogP contribution in [0.5, 0.6) is 0 Å². The molecule has 0 unspecified atom stereocenters. The highest BCUT2D eigenvalue weighted by Gasteiger charge is 2.20. The Morgan fingerprint density at radius 2 is 1.53 bits per heavy atom. The first-order chi connectivity index (χ1) is 7.73. The van der Waals surface area contributed by atoms with Gasteiger partial charge in [0.15, 0.2) is 0 Å². The summed E-state index contributed by atoms with van der Waals surface area (Å²) in [5.41, 5.74) is 0.152. The standard InChI is InChI=1S/C13H23NO3/c1-9(2)7-14(8-10(3)4)13(17)11(5)6-12(15)16/h9-10H,5-8H2,1-4H3,(H,15,16). The molecule has 0 aromatic carbocycles. The molecule has 0 aliphatic carbocycles. The zero-order valence-corrected chi connectivity index (χ0v) is 11.2. The minimum Gasteiger partial charge on any atom is -0.481 e. The first-order valence-corrected chi connectivity index (χ1v) is 5.92. The predicted molar refractivity (Wildman–Crippen MR) is 67.6 cm³/mol. The molecule has 0 saturated heterocycles. The molecule has 0 fully saturated rings. The van der Waals surface area contributed by atoms with E-state index in [2.05, 4.69) is 6.58 Å². The van der Waals surface area contributed by atoms with Crippen molar-refractivity contribution in [3.8, 4) is 0 Å². The second-order valence-corrected chi connectivity index (χ2v) is 5.17. The van der Waals surface area contributed by atoms with Gasteiger partial charge in [-0.1, -0.05) is 34.3 Å². The summed E-state index contributed by atoms with van der Waals surface area (Å²) in [6.07, 6.45) is -0.286. The topological polar surface area (TPSA) is 57.6 Å². The Morgan fingerprint density at radius 3 is 1.82 bits per heavy atom. The van der Waals surface area contributed by atoms with Gasteiger partial charge in [-0.05, 0) is 11.8 Å². The van der Waals surface area contributed by atoms with Gasteiger partial charge in [0.05, 0.1) is 6.42 Å². The van der Waals surface area contributed by atoms with Gasteiger partial charge >= 0.3 is 5.97 Å². The molecule has 0 aromatic heterocycles. The summed E-state index contributed by atoms with van der Waals surface area (Å²) < 4.78 is 0. The van der Waals surface area contributed by atoms with Gasteiger partial charge in [0, 0.05) is 18.7 Å². The van der Waals surface area contributed by atoms with Crippen LogP contribution < -0.4 is 0 Å². The smallest absolute Gasteiger partial charge is 0.308 e. The predicted octanol–water partition coefficient (Wildman–Crippen LogP) is 2.16. The fourth-order valence-corrected chi connectivity index (χ4v) is 1.60. The summed E-state index contributed by atoms with van der Waals surface area (Å²) in [4.78, 5) is 24.3. The van der Waals surface area contributed by atoms with E-state index in [1.165, 1.54) is 0 Å². The normalized spacial score (nSPS) is 10.7. The largest absolute Gasteiger partial charge is 0.481 e. The van der Waals surface area contributed by atoms with Gasteiger partial charge in [-0.15, -0.1) is 0 Å². The zero-order valence-electron chi connectivity index (χ0n) is 11.2. The maximum atomic E-state index is 12.0. The molecule has 0 saturated carbocycles. The monoisotopic (exact) mass is 241 g/mol. The molecule has 0 heterocycles. The van der Waals surface area contributed by atoms with Gasteiger partial charge in [0.25, 0.3) is 0 Å². The van der Waals surface area contributed by atoms with Crippen LogP contribution >= 0.6 is 0 Å². The maximum absolute atomic E-state index is 12.0. The second-order valence-electron chi connectivity index (χ2n) is 5.17. The lowest BCUT2D eigenvalue weighted by Gasteiger charge is -2.26. The summed E-state index contributed by atoms with van der Waals surface area (Å²) >= 11 is 0. The third kappa shape index (κ3) is 6.76. The van der Waals surface area contributed by atoms with Crippen LogP contribution in [0.1, 0.15) is 34.1 Å². The fourth-order valence-electron chi connectivity index (χ4n) is 1.60. The number of carbonyl (C=O) groups excluding carboxylic acids is 1. The first kappa shape index (κ1) is 15.7. The van der Waals surface area contributed by atoms with E-state index >= 15 is 0 Å². The highest BCUT2D eigenvalue weighted by atomic mass is 16.4. The molecule has 17 heavy (non-hydrogen) atoms. The summed E-state index contributed by atoms with van der Waals surface area (Å²) in [5.74, 6) is -0.544. The lowest BCUT2D eigenvalue weighted by atomic mass is 10.1. The molecule has 0 atom stereocenters. The summed E-state index contributed by atoms with van der Waals surface area (Å²) in [7, 11) is 0. The number of amides is 1. The number of rotatable bonds is 7. The molecule has 0 rings (SSSR count). The van der Waals surface area contributed by atoms with E-state index in [4.69, 9.17) is 5.11 Å². The van der Waals surface area contributed by atoms with Crippen molar-refractivity contribution in [1.82, 2.24) is 4.90 Å². The molecule has 0 spiro atoms. The van der Waals surface area contributed by atoms with Gasteiger partial charge < -0.3 is 10.0 Å². The number of aliphatic carboxylic acids is 1. The van der Waals surface area contributed by atoms with Crippen molar-refractivity contribution in [2.75, 3.05) is 13.1 Å². The molecule has 4 nitrogen and oxygen atoms in total. The lowest BCUT2D eigenvalue weighted by molar-refractivity contribution is -0.138. The van der Waals surface area contributed by atoms with Gasteiger partial charge in [-0.3, -0.25) is 9.59 Å². The summed E-state index contributed by atoms with van der Waals surface area (Å²) in [6, 6.07) is 0. The van der Waals surface area contributed by atoms with Crippen molar-refractivity contribution < 1.29 is 14.7 Å². The van der Waals surface area contributed by atoms with Crippen LogP contribution in [0.4, 0.5) is 0 Å². The van der Waals surface area contributed by atoms with Crippen LogP contribution in [0.2, 0.25) is 0 Å². The minimum absolute atomic E-state index is 0.152. The third-order valence-electron chi connectivity index (χ3n) is 2.13. The molecule has 1 amide bonds. The van der Waals surface area contributed by atoms with E-state index in [1.54, 1.807) is 4.90 Å². The van der Waals surface area contributed by atoms with Crippen molar-refractivity contribution in [2.45, 2.75) is 34.1 Å². The molecule has 0 aliphatic heterocycles. The Balaban J connectivity index is 4.61. The Labute approximate surface area is 103 Å². The van der Waals surface area contributed by atoms with Crippen LogP contribution in [0.15, 0.2) is 12.2 Å². The van der Waals surface area contributed by atoms with Gasteiger partial charge in [-0.2, -0.15) is 0 Å². The van der Waals surface area contributed by atoms with Crippen LogP contribution in [-0.2, 0) is 9.59 Å². The van der Waals surface area contributed by atoms with Gasteiger partial charge in [-0.25, -0.2) is 0 Å². The maximum Gasteiger partial charge on any atom is 0.308 e. The molecule has 4 heteroatoms. The quantitative estimate of drug-likeness (QED) is 0.695. The average Bonchev–Trinajstić information content (AvgIpc) is 2.12. The number of carboxylic acids is 1. The van der Waals surface area contributed by atoms with E-state index in [1.807, 2.05) is 27.7 Å². The number of carboxylic acid groups (broad SMARTS) is 1. The highest BCUT2D eigenvalue weighted by molar-refractivity contribution is 5.96. The van der Waals surface area contributed by atoms with Crippen molar-refractivity contribution in [2.24, 2.45) is 11.8 Å². The van der Waals surface area contributed by atoms with E-state index < -0.39 is 5.97 Å². The minimum atomic E-state index is -1.02. The van der Waals surface area contributed by atoms with Crippen LogP contribution in [0.3, 0.4) is 0 Å². The molecule has 0 bridgehead atoms. The molecular formula is C13H23NO3. The van der Waals surface area contributed by atoms with Crippen molar-refractivity contribution in [1.29, 1.82) is 0 Å². The molecule has 0 aromatic rings. The fraction of sp³-hybridized carbons (Fsp3) is 0.692. The Kier molecular flexibility index (Phi) is 6.54. The molecule has 0 aliphatic rings. The van der Waals surface area contributed by atoms with Crippen LogP contribution in [0, 0.1) is 11.8 Å². The van der Waals surface area contributed by atoms with Crippen molar-refractivity contribution in [3.63, 3.8) is 0 Å². The SMILES string of the molecule is C=C(CC(=O)O)C(=O)N(CC(C)C)CC(C)C. The first-order valence-electron chi connectivity index (χ1n) is 5.92. The molecular weight excluding hydrogens is 218 g/mol. The van der Waals surface area contributed by atoms with Crippen LogP contribution in [0.25, 0.3) is 0 Å². The molecule has 1 N–H and O–H groups in total. The number of hydrogen-bond acceptors (Lipinski definition) is 2. The van der Waals surface area contributed by atoms with Gasteiger partial charge in [0.2, 0.25) is 5.91 Å². The summed E-state index contributed by atoms with van der Waals surface area (Å²) in [5, 5.41) is 8.65. The number of hydrogen-bond donors (Lipinski definition) is 1. The summed E-state index contributed by atoms with van der Waals surface area (Å²) in [6.45, 7) is 12.9. The van der Waals surface area contributed by atoms with Crippen molar-refractivity contribution >= 4 is 11.9 Å². The Morgan fingerprint density at radius 1 is 1.12 bits per heavy atom. The van der Waals surface area contributed by atoms with E-state index in [-0.39, 0.29) is 17.9 Å². The third-order valence-corrected chi connectivity index (χ3v) is 2.13. The Hall–Kier alpha value is -1.32. The van der Waals surface area contributed by atoms with Crippen LogP contribution in [-0.4, -0.2) is 35.0 Å². The van der Waals surface area contributed by atoms with E-state index in [0.717, 1.165) is 0 Å². The average molecular weight is 241 g/mol. The molecule has 0 radical (unpaired) electrons. The van der Waals surface area contributed by atoms with E-state index in [9.17, 15) is 9.59 Å². The second kappa shape index (κ2) is 7.09. The number of nitrogens with zero attached hydrogens (tertiary/aromatic N) is 1.